The van der Waals surface area contributed by atoms with E-state index in [0.29, 0.717) is 37.4 Å². The number of nitrogens with one attached hydrogen (secondary N) is 1. The second kappa shape index (κ2) is 10.3. The third-order valence-electron chi connectivity index (χ3n) is 6.06. The molecule has 3 rings (SSSR count). The summed E-state index contributed by atoms with van der Waals surface area (Å²) in [4.78, 5) is 33.3. The standard InChI is InChI=1S/C25H33N3O2S/c1-16(2)19(5)27-23(29)20-10-13-28(14-11-20)25(30)21-7-6-12-26-24(21)31-22-9-8-17(3)15-18(22)4/h6-9,12,15-16,19-20H,10-11,13-14H2,1-5H3,(H,27,29). The van der Waals surface area contributed by atoms with E-state index < -0.39 is 0 Å². The van der Waals surface area contributed by atoms with E-state index in [9.17, 15) is 9.59 Å². The van der Waals surface area contributed by atoms with Crippen molar-refractivity contribution in [2.75, 3.05) is 13.1 Å². The van der Waals surface area contributed by atoms with Gasteiger partial charge in [-0.05, 0) is 63.3 Å². The number of hydrogen-bond donors (Lipinski definition) is 1. The molecule has 2 amide bonds. The monoisotopic (exact) mass is 439 g/mol. The molecule has 1 atom stereocenters. The van der Waals surface area contributed by atoms with E-state index >= 15 is 0 Å². The van der Waals surface area contributed by atoms with Crippen molar-refractivity contribution in [1.82, 2.24) is 15.2 Å². The number of aromatic nitrogens is 1. The fraction of sp³-hybridized carbons (Fsp3) is 0.480. The van der Waals surface area contributed by atoms with Crippen LogP contribution in [0.4, 0.5) is 0 Å². The van der Waals surface area contributed by atoms with Gasteiger partial charge in [0, 0.05) is 36.1 Å². The Morgan fingerprint density at radius 2 is 1.84 bits per heavy atom. The first-order valence-electron chi connectivity index (χ1n) is 11.1. The first-order valence-corrected chi connectivity index (χ1v) is 11.9. The number of aryl methyl sites for hydroxylation is 2. The third kappa shape index (κ3) is 5.88. The average molecular weight is 440 g/mol. The molecular weight excluding hydrogens is 406 g/mol. The number of nitrogens with zero attached hydrogens (tertiary/aromatic N) is 2. The van der Waals surface area contributed by atoms with Gasteiger partial charge >= 0.3 is 0 Å². The Morgan fingerprint density at radius 1 is 1.13 bits per heavy atom. The molecule has 0 bridgehead atoms. The molecule has 1 aliphatic rings. The smallest absolute Gasteiger partial charge is 0.256 e. The summed E-state index contributed by atoms with van der Waals surface area (Å²) >= 11 is 1.53. The minimum atomic E-state index is -0.0248. The van der Waals surface area contributed by atoms with Gasteiger partial charge in [0.15, 0.2) is 0 Å². The molecule has 0 spiro atoms. The van der Waals surface area contributed by atoms with E-state index in [2.05, 4.69) is 56.2 Å². The van der Waals surface area contributed by atoms with Crippen molar-refractivity contribution in [2.45, 2.75) is 63.4 Å². The van der Waals surface area contributed by atoms with Crippen LogP contribution in [-0.4, -0.2) is 40.8 Å². The van der Waals surface area contributed by atoms with Gasteiger partial charge in [-0.3, -0.25) is 9.59 Å². The van der Waals surface area contributed by atoms with Crippen molar-refractivity contribution in [3.8, 4) is 0 Å². The summed E-state index contributed by atoms with van der Waals surface area (Å²) in [6.07, 6.45) is 3.12. The molecule has 1 aromatic carbocycles. The lowest BCUT2D eigenvalue weighted by Gasteiger charge is -2.32. The highest BCUT2D eigenvalue weighted by atomic mass is 32.2. The normalized spacial score (nSPS) is 15.7. The molecule has 0 radical (unpaired) electrons. The number of hydrogen-bond acceptors (Lipinski definition) is 4. The van der Waals surface area contributed by atoms with Gasteiger partial charge in [0.1, 0.15) is 5.03 Å². The number of benzene rings is 1. The Balaban J connectivity index is 1.66. The molecule has 1 aromatic heterocycles. The van der Waals surface area contributed by atoms with Gasteiger partial charge in [-0.15, -0.1) is 0 Å². The molecule has 1 unspecified atom stereocenters. The Morgan fingerprint density at radius 3 is 2.48 bits per heavy atom. The van der Waals surface area contributed by atoms with Crippen LogP contribution in [0.15, 0.2) is 46.5 Å². The zero-order chi connectivity index (χ0) is 22.5. The predicted octanol–water partition coefficient (Wildman–Crippen LogP) is 4.86. The summed E-state index contributed by atoms with van der Waals surface area (Å²) in [6.45, 7) is 11.6. The molecule has 166 valence electrons. The van der Waals surface area contributed by atoms with E-state index in [1.165, 1.54) is 22.9 Å². The van der Waals surface area contributed by atoms with Crippen LogP contribution in [-0.2, 0) is 4.79 Å². The van der Waals surface area contributed by atoms with Crippen LogP contribution in [0.5, 0.6) is 0 Å². The SMILES string of the molecule is Cc1ccc(Sc2ncccc2C(=O)N2CCC(C(=O)NC(C)C(C)C)CC2)c(C)c1. The summed E-state index contributed by atoms with van der Waals surface area (Å²) in [7, 11) is 0. The molecule has 0 aliphatic carbocycles. The lowest BCUT2D eigenvalue weighted by atomic mass is 9.94. The van der Waals surface area contributed by atoms with Crippen molar-refractivity contribution in [2.24, 2.45) is 11.8 Å². The van der Waals surface area contributed by atoms with Crippen molar-refractivity contribution >= 4 is 23.6 Å². The van der Waals surface area contributed by atoms with Crippen LogP contribution in [0.3, 0.4) is 0 Å². The van der Waals surface area contributed by atoms with Gasteiger partial charge in [-0.2, -0.15) is 0 Å². The maximum absolute atomic E-state index is 13.3. The molecule has 1 saturated heterocycles. The topological polar surface area (TPSA) is 62.3 Å². The first-order chi connectivity index (χ1) is 14.8. The summed E-state index contributed by atoms with van der Waals surface area (Å²) in [5, 5.41) is 3.84. The largest absolute Gasteiger partial charge is 0.353 e. The molecule has 1 N–H and O–H groups in total. The van der Waals surface area contributed by atoms with Gasteiger partial charge in [-0.25, -0.2) is 4.98 Å². The Labute approximate surface area is 190 Å². The zero-order valence-electron chi connectivity index (χ0n) is 19.1. The van der Waals surface area contributed by atoms with E-state index in [0.717, 1.165) is 9.92 Å². The fourth-order valence-electron chi connectivity index (χ4n) is 3.68. The van der Waals surface area contributed by atoms with Gasteiger partial charge in [-0.1, -0.05) is 43.3 Å². The number of pyridine rings is 1. The van der Waals surface area contributed by atoms with Gasteiger partial charge in [0.05, 0.1) is 5.56 Å². The maximum Gasteiger partial charge on any atom is 0.256 e. The van der Waals surface area contributed by atoms with E-state index in [1.54, 1.807) is 6.20 Å². The van der Waals surface area contributed by atoms with E-state index in [-0.39, 0.29) is 23.8 Å². The molecule has 2 aromatic rings. The highest BCUT2D eigenvalue weighted by Crippen LogP contribution is 2.32. The average Bonchev–Trinajstić information content (AvgIpc) is 2.75. The van der Waals surface area contributed by atoms with Crippen molar-refractivity contribution in [3.05, 3.63) is 53.2 Å². The van der Waals surface area contributed by atoms with Crippen molar-refractivity contribution in [1.29, 1.82) is 0 Å². The van der Waals surface area contributed by atoms with E-state index in [1.807, 2.05) is 24.0 Å². The maximum atomic E-state index is 13.3. The molecule has 1 fully saturated rings. The lowest BCUT2D eigenvalue weighted by Crippen LogP contribution is -2.45. The number of likely N-dealkylation sites (tertiary alicyclic amines) is 1. The predicted molar refractivity (Wildman–Crippen MR) is 125 cm³/mol. The first kappa shape index (κ1) is 23.3. The quantitative estimate of drug-likeness (QED) is 0.698. The molecule has 5 nitrogen and oxygen atoms in total. The zero-order valence-corrected chi connectivity index (χ0v) is 20.0. The minimum Gasteiger partial charge on any atom is -0.353 e. The summed E-state index contributed by atoms with van der Waals surface area (Å²) in [5.41, 5.74) is 3.02. The highest BCUT2D eigenvalue weighted by molar-refractivity contribution is 7.99. The van der Waals surface area contributed by atoms with Crippen LogP contribution in [0.1, 0.15) is 55.1 Å². The molecule has 2 heterocycles. The lowest BCUT2D eigenvalue weighted by molar-refractivity contribution is -0.127. The number of piperidine rings is 1. The molecular formula is C25H33N3O2S. The minimum absolute atomic E-state index is 0.00484. The molecule has 1 aliphatic heterocycles. The Kier molecular flexibility index (Phi) is 7.76. The van der Waals surface area contributed by atoms with Crippen molar-refractivity contribution < 1.29 is 9.59 Å². The summed E-state index contributed by atoms with van der Waals surface area (Å²) < 4.78 is 0. The van der Waals surface area contributed by atoms with Crippen LogP contribution in [0, 0.1) is 25.7 Å². The van der Waals surface area contributed by atoms with Gasteiger partial charge < -0.3 is 10.2 Å². The number of rotatable bonds is 6. The number of carbonyl (C=O) groups is 2. The third-order valence-corrected chi connectivity index (χ3v) is 7.26. The van der Waals surface area contributed by atoms with Crippen LogP contribution in [0.2, 0.25) is 0 Å². The Bertz CT molecular complexity index is 936. The van der Waals surface area contributed by atoms with Crippen molar-refractivity contribution in [3.63, 3.8) is 0 Å². The van der Waals surface area contributed by atoms with Gasteiger partial charge in [0.2, 0.25) is 5.91 Å². The second-order valence-electron chi connectivity index (χ2n) is 8.83. The number of carbonyl (C=O) groups excluding carboxylic acids is 2. The van der Waals surface area contributed by atoms with Gasteiger partial charge in [0.25, 0.3) is 5.91 Å². The summed E-state index contributed by atoms with van der Waals surface area (Å²) in [5.74, 6) is 0.489. The van der Waals surface area contributed by atoms with E-state index in [4.69, 9.17) is 0 Å². The highest BCUT2D eigenvalue weighted by Gasteiger charge is 2.29. The Hall–Kier alpha value is -2.34. The molecule has 31 heavy (non-hydrogen) atoms. The number of amides is 2. The molecule has 6 heteroatoms. The summed E-state index contributed by atoms with van der Waals surface area (Å²) in [6, 6.07) is 10.1. The fourth-order valence-corrected chi connectivity index (χ4v) is 4.62. The molecule has 0 saturated carbocycles. The second-order valence-corrected chi connectivity index (χ2v) is 9.87. The van der Waals surface area contributed by atoms with Crippen LogP contribution < -0.4 is 5.32 Å². The van der Waals surface area contributed by atoms with Crippen LogP contribution >= 0.6 is 11.8 Å². The van der Waals surface area contributed by atoms with Crippen LogP contribution in [0.25, 0.3) is 0 Å².